The van der Waals surface area contributed by atoms with Gasteiger partial charge in [-0.3, -0.25) is 13.9 Å². The van der Waals surface area contributed by atoms with Gasteiger partial charge in [-0.25, -0.2) is 8.42 Å². The van der Waals surface area contributed by atoms with Crippen LogP contribution in [0.2, 0.25) is 0 Å². The summed E-state index contributed by atoms with van der Waals surface area (Å²) < 4.78 is 40.7. The lowest BCUT2D eigenvalue weighted by molar-refractivity contribution is -0.140. The number of sulfonamides is 1. The number of carbonyl (C=O) groups excluding carboxylic acids is 2. The maximum absolute atomic E-state index is 14.6. The van der Waals surface area contributed by atoms with Gasteiger partial charge in [-0.2, -0.15) is 0 Å². The van der Waals surface area contributed by atoms with Crippen molar-refractivity contribution in [3.63, 3.8) is 0 Å². The third-order valence-corrected chi connectivity index (χ3v) is 9.54. The van der Waals surface area contributed by atoms with Gasteiger partial charge < -0.3 is 19.7 Å². The van der Waals surface area contributed by atoms with E-state index < -0.39 is 28.5 Å². The number of nitrogens with zero attached hydrogens (tertiary/aromatic N) is 2. The molecular weight excluding hydrogens is 602 g/mol. The third-order valence-electron chi connectivity index (χ3n) is 7.77. The smallest absolute Gasteiger partial charge is 0.264 e. The van der Waals surface area contributed by atoms with Crippen LogP contribution in [0.4, 0.5) is 5.69 Å². The zero-order chi connectivity index (χ0) is 33.3. The van der Waals surface area contributed by atoms with Crippen LogP contribution < -0.4 is 19.1 Å². The number of amides is 2. The molecule has 0 saturated carbocycles. The molecule has 0 aliphatic carbocycles. The monoisotopic (exact) mass is 643 g/mol. The number of hydrogen-bond acceptors (Lipinski definition) is 6. The molecule has 0 radical (unpaired) electrons. The van der Waals surface area contributed by atoms with Gasteiger partial charge in [0.15, 0.2) is 0 Å². The van der Waals surface area contributed by atoms with E-state index in [0.29, 0.717) is 12.3 Å². The largest absolute Gasteiger partial charge is 0.497 e. The van der Waals surface area contributed by atoms with Crippen LogP contribution >= 0.6 is 0 Å². The number of carbonyl (C=O) groups is 2. The van der Waals surface area contributed by atoms with Gasteiger partial charge in [-0.15, -0.1) is 0 Å². The summed E-state index contributed by atoms with van der Waals surface area (Å²) in [5.41, 5.74) is 3.65. The second kappa shape index (κ2) is 15.4. The Balaban J connectivity index is 1.87. The summed E-state index contributed by atoms with van der Waals surface area (Å²) in [5.74, 6) is -0.274. The number of likely N-dealkylation sites (N-methyl/N-ethyl adjacent to an activating group) is 1. The molecule has 0 fully saturated rings. The molecule has 0 saturated heterocycles. The Morgan fingerprint density at radius 3 is 2.15 bits per heavy atom. The Morgan fingerprint density at radius 1 is 0.848 bits per heavy atom. The predicted octanol–water partition coefficient (Wildman–Crippen LogP) is 5.29. The van der Waals surface area contributed by atoms with Crippen molar-refractivity contribution < 1.29 is 27.5 Å². The number of hydrogen-bond donors (Lipinski definition) is 1. The van der Waals surface area contributed by atoms with Gasteiger partial charge in [0.25, 0.3) is 10.0 Å². The molecule has 242 valence electrons. The van der Waals surface area contributed by atoms with E-state index in [9.17, 15) is 18.0 Å². The normalized spacial score (nSPS) is 11.8. The molecule has 46 heavy (non-hydrogen) atoms. The molecule has 2 amide bonds. The van der Waals surface area contributed by atoms with E-state index in [2.05, 4.69) is 5.32 Å². The van der Waals surface area contributed by atoms with E-state index in [1.165, 1.54) is 37.3 Å². The molecule has 4 aromatic rings. The maximum Gasteiger partial charge on any atom is 0.264 e. The molecule has 1 N–H and O–H groups in total. The Hall–Kier alpha value is -4.83. The molecule has 0 aromatic heterocycles. The summed E-state index contributed by atoms with van der Waals surface area (Å²) in [6, 6.07) is 27.3. The average molecular weight is 644 g/mol. The number of methoxy groups -OCH3 is 2. The summed E-state index contributed by atoms with van der Waals surface area (Å²) in [4.78, 5) is 29.8. The minimum absolute atomic E-state index is 0.00536. The first-order chi connectivity index (χ1) is 22.1. The third kappa shape index (κ3) is 8.06. The van der Waals surface area contributed by atoms with Crippen LogP contribution in [0, 0.1) is 13.8 Å². The van der Waals surface area contributed by atoms with Crippen LogP contribution in [0.25, 0.3) is 0 Å². The number of rotatable bonds is 14. The van der Waals surface area contributed by atoms with Gasteiger partial charge in [-0.05, 0) is 61.7 Å². The highest BCUT2D eigenvalue weighted by Crippen LogP contribution is 2.36. The van der Waals surface area contributed by atoms with Crippen LogP contribution in [-0.4, -0.2) is 58.5 Å². The summed E-state index contributed by atoms with van der Waals surface area (Å²) in [7, 11) is -1.40. The van der Waals surface area contributed by atoms with E-state index >= 15 is 0 Å². The number of anilines is 1. The molecule has 0 aliphatic heterocycles. The standard InChI is InChI=1S/C36H41N3O6S/c1-6-37-36(41)33(22-28-13-8-7-9-14-28)38(24-29-15-11-10-12-27(29)3)35(40)25-39(32-23-30(44-4)18-21-34(32)45-5)46(42,43)31-19-16-26(2)17-20-31/h7-21,23,33H,6,22,24-25H2,1-5H3,(H,37,41)/t33-/m1/s1. The van der Waals surface area contributed by atoms with Crippen molar-refractivity contribution in [2.45, 2.75) is 44.7 Å². The SMILES string of the molecule is CCNC(=O)[C@@H](Cc1ccccc1)N(Cc1ccccc1C)C(=O)CN(c1cc(OC)ccc1OC)S(=O)(=O)c1ccc(C)cc1. The molecule has 10 heteroatoms. The molecule has 0 bridgehead atoms. The Bertz CT molecular complexity index is 1740. The van der Waals surface area contributed by atoms with Gasteiger partial charge in [0.1, 0.15) is 24.1 Å². The van der Waals surface area contributed by atoms with Gasteiger partial charge in [0.05, 0.1) is 24.8 Å². The fourth-order valence-corrected chi connectivity index (χ4v) is 6.58. The fourth-order valence-electron chi connectivity index (χ4n) is 5.16. The van der Waals surface area contributed by atoms with Crippen molar-refractivity contribution in [1.29, 1.82) is 0 Å². The van der Waals surface area contributed by atoms with Crippen LogP contribution in [0.5, 0.6) is 11.5 Å². The molecule has 0 spiro atoms. The van der Waals surface area contributed by atoms with E-state index in [4.69, 9.17) is 9.47 Å². The Labute approximate surface area is 271 Å². The van der Waals surface area contributed by atoms with Crippen LogP contribution in [0.3, 0.4) is 0 Å². The molecule has 4 rings (SSSR count). The summed E-state index contributed by atoms with van der Waals surface area (Å²) in [5, 5.41) is 2.88. The van der Waals surface area contributed by atoms with Gasteiger partial charge in [-0.1, -0.05) is 72.3 Å². The highest BCUT2D eigenvalue weighted by Gasteiger charge is 2.35. The van der Waals surface area contributed by atoms with Crippen molar-refractivity contribution >= 4 is 27.5 Å². The summed E-state index contributed by atoms with van der Waals surface area (Å²) >= 11 is 0. The highest BCUT2D eigenvalue weighted by molar-refractivity contribution is 7.92. The molecule has 0 aliphatic rings. The zero-order valence-corrected chi connectivity index (χ0v) is 27.7. The number of ether oxygens (including phenoxy) is 2. The van der Waals surface area contributed by atoms with Crippen LogP contribution in [0.15, 0.2) is 102 Å². The molecular formula is C36H41N3O6S. The van der Waals surface area contributed by atoms with Crippen molar-refractivity contribution in [2.75, 3.05) is 31.6 Å². The first kappa shape index (κ1) is 34.1. The quantitative estimate of drug-likeness (QED) is 0.200. The molecule has 1 atom stereocenters. The molecule has 0 unspecified atom stereocenters. The summed E-state index contributed by atoms with van der Waals surface area (Å²) in [6.07, 6.45) is 0.234. The minimum atomic E-state index is -4.30. The van der Waals surface area contributed by atoms with Crippen molar-refractivity contribution in [1.82, 2.24) is 10.2 Å². The Morgan fingerprint density at radius 2 is 1.52 bits per heavy atom. The van der Waals surface area contributed by atoms with Crippen LogP contribution in [0.1, 0.15) is 29.2 Å². The summed E-state index contributed by atoms with van der Waals surface area (Å²) in [6.45, 7) is 5.47. The first-order valence-corrected chi connectivity index (χ1v) is 16.5. The van der Waals surface area contributed by atoms with Crippen LogP contribution in [-0.2, 0) is 32.6 Å². The minimum Gasteiger partial charge on any atom is -0.497 e. The number of aryl methyl sites for hydroxylation is 2. The van der Waals surface area contributed by atoms with E-state index in [1.54, 1.807) is 24.3 Å². The Kier molecular flexibility index (Phi) is 11.4. The van der Waals surface area contributed by atoms with E-state index in [0.717, 1.165) is 26.6 Å². The fraction of sp³-hybridized carbons (Fsp3) is 0.278. The molecule has 9 nitrogen and oxygen atoms in total. The van der Waals surface area contributed by atoms with Gasteiger partial charge in [0.2, 0.25) is 11.8 Å². The zero-order valence-electron chi connectivity index (χ0n) is 26.9. The van der Waals surface area contributed by atoms with Gasteiger partial charge in [0, 0.05) is 25.6 Å². The lowest BCUT2D eigenvalue weighted by Crippen LogP contribution is -2.53. The van der Waals surface area contributed by atoms with Crippen molar-refractivity contribution in [3.8, 4) is 11.5 Å². The van der Waals surface area contributed by atoms with Gasteiger partial charge >= 0.3 is 0 Å². The molecule has 4 aromatic carbocycles. The van der Waals surface area contributed by atoms with E-state index in [1.807, 2.05) is 75.4 Å². The number of benzene rings is 4. The predicted molar refractivity (Wildman–Crippen MR) is 180 cm³/mol. The van der Waals surface area contributed by atoms with E-state index in [-0.39, 0.29) is 35.2 Å². The lowest BCUT2D eigenvalue weighted by atomic mass is 10.0. The van der Waals surface area contributed by atoms with Crippen molar-refractivity contribution in [3.05, 3.63) is 119 Å². The number of nitrogens with one attached hydrogen (secondary N) is 1. The second-order valence-corrected chi connectivity index (χ2v) is 12.8. The maximum atomic E-state index is 14.6. The first-order valence-electron chi connectivity index (χ1n) is 15.1. The average Bonchev–Trinajstić information content (AvgIpc) is 3.06. The lowest BCUT2D eigenvalue weighted by Gasteiger charge is -2.34. The van der Waals surface area contributed by atoms with Crippen molar-refractivity contribution in [2.24, 2.45) is 0 Å². The highest BCUT2D eigenvalue weighted by atomic mass is 32.2. The topological polar surface area (TPSA) is 105 Å². The second-order valence-electron chi connectivity index (χ2n) is 10.9. The molecule has 0 heterocycles.